The van der Waals surface area contributed by atoms with Crippen molar-refractivity contribution in [2.24, 2.45) is 15.9 Å². The zero-order valence-corrected chi connectivity index (χ0v) is 17.4. The molecule has 0 spiro atoms. The molecule has 0 aliphatic carbocycles. The first-order valence-electron chi connectivity index (χ1n) is 8.38. The lowest BCUT2D eigenvalue weighted by molar-refractivity contribution is -0.121. The number of anilines is 1. The summed E-state index contributed by atoms with van der Waals surface area (Å²) in [7, 11) is 0. The van der Waals surface area contributed by atoms with Crippen LogP contribution >= 0.6 is 35.0 Å². The van der Waals surface area contributed by atoms with Gasteiger partial charge in [-0.25, -0.2) is 9.29 Å². The molecule has 0 aromatic heterocycles. The van der Waals surface area contributed by atoms with Crippen molar-refractivity contribution in [3.63, 3.8) is 0 Å². The van der Waals surface area contributed by atoms with Gasteiger partial charge in [-0.2, -0.15) is 5.10 Å². The normalized spacial score (nSPS) is 17.9. The Kier molecular flexibility index (Phi) is 6.56. The number of nitrogens with two attached hydrogens (primary N) is 1. The van der Waals surface area contributed by atoms with E-state index in [0.717, 1.165) is 16.7 Å². The number of rotatable bonds is 4. The van der Waals surface area contributed by atoms with E-state index in [1.54, 1.807) is 25.1 Å². The second kappa shape index (κ2) is 8.94. The molecule has 1 aliphatic rings. The van der Waals surface area contributed by atoms with Crippen molar-refractivity contribution in [3.05, 3.63) is 63.9 Å². The second-order valence-electron chi connectivity index (χ2n) is 6.11. The number of halogens is 3. The standard InChI is InChI=1S/C19H15Cl2FN4O2S/c1-10(11-2-4-12(22)5-3-11)24-25-19(23)29-16-9-17(27)26(18(16)28)13-6-7-14(20)15(21)8-13/h2-8,16H,9H2,1H3,(H2,23,25)/b24-10-/t16-/m0/s1. The largest absolute Gasteiger partial charge is 0.377 e. The van der Waals surface area contributed by atoms with Crippen LogP contribution in [-0.2, 0) is 9.59 Å². The Morgan fingerprint density at radius 1 is 1.14 bits per heavy atom. The summed E-state index contributed by atoms with van der Waals surface area (Å²) in [5.41, 5.74) is 7.42. The van der Waals surface area contributed by atoms with Gasteiger partial charge < -0.3 is 5.73 Å². The minimum absolute atomic E-state index is 0.0272. The average Bonchev–Trinajstić information content (AvgIpc) is 2.96. The summed E-state index contributed by atoms with van der Waals surface area (Å²) < 4.78 is 13.0. The molecule has 2 aromatic carbocycles. The van der Waals surface area contributed by atoms with Gasteiger partial charge in [0.05, 0.1) is 21.4 Å². The molecular weight excluding hydrogens is 438 g/mol. The van der Waals surface area contributed by atoms with Gasteiger partial charge in [-0.3, -0.25) is 9.59 Å². The number of hydrogen-bond donors (Lipinski definition) is 1. The lowest BCUT2D eigenvalue weighted by Gasteiger charge is -2.15. The van der Waals surface area contributed by atoms with Gasteiger partial charge in [-0.1, -0.05) is 47.1 Å². The Bertz CT molecular complexity index is 1030. The van der Waals surface area contributed by atoms with Gasteiger partial charge in [-0.05, 0) is 42.8 Å². The smallest absolute Gasteiger partial charge is 0.247 e. The summed E-state index contributed by atoms with van der Waals surface area (Å²) in [5, 5.41) is 7.79. The molecule has 0 saturated carbocycles. The highest BCUT2D eigenvalue weighted by atomic mass is 35.5. The van der Waals surface area contributed by atoms with Gasteiger partial charge in [0.1, 0.15) is 11.1 Å². The molecule has 29 heavy (non-hydrogen) atoms. The number of benzene rings is 2. The van der Waals surface area contributed by atoms with Crippen LogP contribution in [0.3, 0.4) is 0 Å². The highest BCUT2D eigenvalue weighted by Crippen LogP contribution is 2.33. The fraction of sp³-hybridized carbons (Fsp3) is 0.158. The van der Waals surface area contributed by atoms with E-state index in [0.29, 0.717) is 22.0 Å². The molecule has 0 bridgehead atoms. The first kappa shape index (κ1) is 21.3. The lowest BCUT2D eigenvalue weighted by Crippen LogP contribution is -2.31. The van der Waals surface area contributed by atoms with E-state index >= 15 is 0 Å². The predicted octanol–water partition coefficient (Wildman–Crippen LogP) is 4.24. The maximum Gasteiger partial charge on any atom is 0.247 e. The van der Waals surface area contributed by atoms with E-state index in [1.165, 1.54) is 24.3 Å². The monoisotopic (exact) mass is 452 g/mol. The SMILES string of the molecule is C/C(=N/N=C(N)S[C@H]1CC(=O)N(c2ccc(Cl)c(Cl)c2)C1=O)c1ccc(F)cc1. The molecular formula is C19H15Cl2FN4O2S. The molecule has 150 valence electrons. The highest BCUT2D eigenvalue weighted by Gasteiger charge is 2.40. The van der Waals surface area contributed by atoms with Crippen LogP contribution in [-0.4, -0.2) is 27.9 Å². The first-order valence-corrected chi connectivity index (χ1v) is 10.0. The maximum absolute atomic E-state index is 13.0. The molecule has 1 saturated heterocycles. The van der Waals surface area contributed by atoms with Crippen LogP contribution in [0.5, 0.6) is 0 Å². The Labute approximate surface area is 180 Å². The molecule has 0 unspecified atom stereocenters. The highest BCUT2D eigenvalue weighted by molar-refractivity contribution is 8.14. The van der Waals surface area contributed by atoms with Gasteiger partial charge >= 0.3 is 0 Å². The summed E-state index contributed by atoms with van der Waals surface area (Å²) in [4.78, 5) is 26.1. The van der Waals surface area contributed by atoms with Gasteiger partial charge in [-0.15, -0.1) is 5.10 Å². The summed E-state index contributed by atoms with van der Waals surface area (Å²) in [6.45, 7) is 1.70. The fourth-order valence-electron chi connectivity index (χ4n) is 2.63. The summed E-state index contributed by atoms with van der Waals surface area (Å²) >= 11 is 12.8. The third-order valence-electron chi connectivity index (χ3n) is 4.09. The molecule has 0 radical (unpaired) electrons. The third kappa shape index (κ3) is 4.95. The quantitative estimate of drug-likeness (QED) is 0.325. The molecule has 3 rings (SSSR count). The minimum atomic E-state index is -0.720. The van der Waals surface area contributed by atoms with E-state index in [1.807, 2.05) is 0 Å². The minimum Gasteiger partial charge on any atom is -0.377 e. The molecule has 1 fully saturated rings. The topological polar surface area (TPSA) is 88.1 Å². The van der Waals surface area contributed by atoms with Crippen LogP contribution in [0.15, 0.2) is 52.7 Å². The van der Waals surface area contributed by atoms with Crippen molar-refractivity contribution >= 4 is 63.3 Å². The van der Waals surface area contributed by atoms with Crippen LogP contribution in [0.1, 0.15) is 18.9 Å². The third-order valence-corrected chi connectivity index (χ3v) is 5.81. The molecule has 10 heteroatoms. The van der Waals surface area contributed by atoms with Crippen LogP contribution in [0.2, 0.25) is 10.0 Å². The predicted molar refractivity (Wildman–Crippen MR) is 115 cm³/mol. The van der Waals surface area contributed by atoms with Crippen LogP contribution in [0.4, 0.5) is 10.1 Å². The molecule has 1 aliphatic heterocycles. The number of carbonyl (C=O) groups excluding carboxylic acids is 2. The summed E-state index contributed by atoms with van der Waals surface area (Å²) in [6, 6.07) is 10.3. The van der Waals surface area contributed by atoms with Gasteiger partial charge in [0, 0.05) is 6.42 Å². The van der Waals surface area contributed by atoms with E-state index < -0.39 is 11.2 Å². The molecule has 2 amide bonds. The van der Waals surface area contributed by atoms with Gasteiger partial charge in [0.2, 0.25) is 11.8 Å². The molecule has 2 N–H and O–H groups in total. The number of thioether (sulfide) groups is 1. The van der Waals surface area contributed by atoms with E-state index in [9.17, 15) is 14.0 Å². The lowest BCUT2D eigenvalue weighted by atomic mass is 10.1. The Morgan fingerprint density at radius 2 is 1.83 bits per heavy atom. The van der Waals surface area contributed by atoms with Crippen molar-refractivity contribution in [3.8, 4) is 0 Å². The van der Waals surface area contributed by atoms with Crippen molar-refractivity contribution in [2.45, 2.75) is 18.6 Å². The Hall–Kier alpha value is -2.42. The summed E-state index contributed by atoms with van der Waals surface area (Å²) in [5.74, 6) is -1.14. The van der Waals surface area contributed by atoms with Crippen LogP contribution < -0.4 is 10.6 Å². The van der Waals surface area contributed by atoms with Crippen molar-refractivity contribution in [2.75, 3.05) is 4.90 Å². The number of nitrogens with zero attached hydrogens (tertiary/aromatic N) is 3. The van der Waals surface area contributed by atoms with Crippen molar-refractivity contribution in [1.29, 1.82) is 0 Å². The zero-order valence-electron chi connectivity index (χ0n) is 15.1. The number of hydrogen-bond acceptors (Lipinski definition) is 5. The van der Waals surface area contributed by atoms with E-state index in [4.69, 9.17) is 28.9 Å². The maximum atomic E-state index is 13.0. The number of imide groups is 1. The second-order valence-corrected chi connectivity index (χ2v) is 8.14. The molecule has 2 aromatic rings. The Balaban J connectivity index is 1.71. The number of amidine groups is 1. The fourth-order valence-corrected chi connectivity index (χ4v) is 3.74. The number of carbonyl (C=O) groups is 2. The van der Waals surface area contributed by atoms with E-state index in [2.05, 4.69) is 10.2 Å². The Morgan fingerprint density at radius 3 is 2.48 bits per heavy atom. The average molecular weight is 453 g/mol. The molecule has 6 nitrogen and oxygen atoms in total. The molecule has 1 atom stereocenters. The van der Waals surface area contributed by atoms with Crippen LogP contribution in [0, 0.1) is 5.82 Å². The number of amides is 2. The first-order chi connectivity index (χ1) is 13.8. The molecule has 1 heterocycles. The van der Waals surface area contributed by atoms with Gasteiger partial charge in [0.15, 0.2) is 5.17 Å². The van der Waals surface area contributed by atoms with E-state index in [-0.39, 0.29) is 28.3 Å². The van der Waals surface area contributed by atoms with Crippen molar-refractivity contribution in [1.82, 2.24) is 0 Å². The van der Waals surface area contributed by atoms with Crippen molar-refractivity contribution < 1.29 is 14.0 Å². The van der Waals surface area contributed by atoms with Crippen LogP contribution in [0.25, 0.3) is 0 Å². The summed E-state index contributed by atoms with van der Waals surface area (Å²) in [6.07, 6.45) is -0.0272. The van der Waals surface area contributed by atoms with Gasteiger partial charge in [0.25, 0.3) is 0 Å². The zero-order chi connectivity index (χ0) is 21.1.